The predicted molar refractivity (Wildman–Crippen MR) is 67.5 cm³/mol. The van der Waals surface area contributed by atoms with Crippen LogP contribution in [0.3, 0.4) is 0 Å². The Bertz CT molecular complexity index is 631. The van der Waals surface area contributed by atoms with Crippen molar-refractivity contribution in [2.45, 2.75) is 13.0 Å². The van der Waals surface area contributed by atoms with E-state index in [1.54, 1.807) is 0 Å². The largest absolute Gasteiger partial charge is 0.378 e. The van der Waals surface area contributed by atoms with Crippen molar-refractivity contribution >= 4 is 23.3 Å². The maximum Gasteiger partial charge on any atom is 0.146 e. The lowest BCUT2D eigenvalue weighted by atomic mass is 9.94. The summed E-state index contributed by atoms with van der Waals surface area (Å²) in [4.78, 5) is 15.5. The summed E-state index contributed by atoms with van der Waals surface area (Å²) < 4.78 is 0. The maximum absolute atomic E-state index is 11.0. The van der Waals surface area contributed by atoms with Crippen molar-refractivity contribution in [2.75, 3.05) is 0 Å². The number of carbonyl (C=O) groups is 1. The minimum atomic E-state index is -0.249. The topological polar surface area (TPSA) is 42.0 Å². The second kappa shape index (κ2) is 3.70. The summed E-state index contributed by atoms with van der Waals surface area (Å²) in [6, 6.07) is 7.75. The molecule has 0 bridgehead atoms. The zero-order valence-electron chi connectivity index (χ0n) is 9.47. The van der Waals surface area contributed by atoms with Crippen LogP contribution in [-0.4, -0.2) is 11.3 Å². The van der Waals surface area contributed by atoms with E-state index in [0.717, 1.165) is 34.0 Å². The van der Waals surface area contributed by atoms with Crippen LogP contribution in [0.1, 0.15) is 22.9 Å². The number of pyridine rings is 1. The Labute approximate surface area is 99.2 Å². The zero-order valence-corrected chi connectivity index (χ0v) is 9.47. The molecule has 1 aliphatic rings. The van der Waals surface area contributed by atoms with Gasteiger partial charge in [0.25, 0.3) is 0 Å². The summed E-state index contributed by atoms with van der Waals surface area (Å²) in [6.07, 6.45) is 4.74. The molecule has 0 saturated heterocycles. The Kier molecular flexibility index (Phi) is 2.18. The Morgan fingerprint density at radius 1 is 1.29 bits per heavy atom. The summed E-state index contributed by atoms with van der Waals surface area (Å²) in [5, 5.41) is 4.13. The fourth-order valence-corrected chi connectivity index (χ4v) is 2.24. The van der Waals surface area contributed by atoms with Crippen LogP contribution in [0.2, 0.25) is 0 Å². The Hall–Kier alpha value is -2.16. The number of nitrogens with one attached hydrogen (secondary N) is 1. The quantitative estimate of drug-likeness (QED) is 0.756. The maximum atomic E-state index is 11.0. The number of fused-ring (bicyclic) bond motifs is 3. The van der Waals surface area contributed by atoms with E-state index in [1.165, 1.54) is 0 Å². The number of hydrogen-bond acceptors (Lipinski definition) is 3. The van der Waals surface area contributed by atoms with Crippen molar-refractivity contribution in [1.29, 1.82) is 0 Å². The number of nitrogens with zero attached hydrogens (tertiary/aromatic N) is 1. The van der Waals surface area contributed by atoms with Gasteiger partial charge in [0.05, 0.1) is 5.52 Å². The van der Waals surface area contributed by atoms with Gasteiger partial charge < -0.3 is 10.1 Å². The third-order valence-electron chi connectivity index (χ3n) is 3.08. The normalized spacial score (nSPS) is 17.6. The minimum Gasteiger partial charge on any atom is -0.378 e. The highest BCUT2D eigenvalue weighted by atomic mass is 16.1. The van der Waals surface area contributed by atoms with E-state index in [-0.39, 0.29) is 6.04 Å². The van der Waals surface area contributed by atoms with Crippen LogP contribution < -0.4 is 5.32 Å². The molecule has 0 saturated carbocycles. The number of aldehydes is 1. The van der Waals surface area contributed by atoms with Gasteiger partial charge in [-0.25, -0.2) is 0 Å². The number of aryl methyl sites for hydroxylation is 1. The van der Waals surface area contributed by atoms with Crippen LogP contribution in [0.5, 0.6) is 0 Å². The van der Waals surface area contributed by atoms with E-state index in [2.05, 4.69) is 16.4 Å². The number of benzene rings is 1. The van der Waals surface area contributed by atoms with Gasteiger partial charge in [-0.15, -0.1) is 0 Å². The zero-order chi connectivity index (χ0) is 11.8. The smallest absolute Gasteiger partial charge is 0.146 e. The van der Waals surface area contributed by atoms with E-state index >= 15 is 0 Å². The van der Waals surface area contributed by atoms with Gasteiger partial charge in [0, 0.05) is 11.1 Å². The Morgan fingerprint density at radius 2 is 2.18 bits per heavy atom. The summed E-state index contributed by atoms with van der Waals surface area (Å²) in [5.74, 6) is 0. The molecule has 0 amide bonds. The van der Waals surface area contributed by atoms with Gasteiger partial charge in [-0.3, -0.25) is 4.98 Å². The monoisotopic (exact) mass is 224 g/mol. The van der Waals surface area contributed by atoms with Crippen LogP contribution in [0.4, 0.5) is 0 Å². The first-order valence-corrected chi connectivity index (χ1v) is 5.58. The number of aromatic nitrogens is 1. The van der Waals surface area contributed by atoms with Crippen LogP contribution in [0.15, 0.2) is 30.5 Å². The Morgan fingerprint density at radius 3 is 3.00 bits per heavy atom. The van der Waals surface area contributed by atoms with Gasteiger partial charge in [-0.05, 0) is 42.5 Å². The summed E-state index contributed by atoms with van der Waals surface area (Å²) in [5.41, 5.74) is 4.08. The van der Waals surface area contributed by atoms with E-state index < -0.39 is 0 Å². The molecule has 3 nitrogen and oxygen atoms in total. The van der Waals surface area contributed by atoms with E-state index in [0.29, 0.717) is 0 Å². The third kappa shape index (κ3) is 1.51. The highest BCUT2D eigenvalue weighted by molar-refractivity contribution is 5.91. The molecule has 3 heteroatoms. The van der Waals surface area contributed by atoms with E-state index in [9.17, 15) is 4.79 Å². The molecular weight excluding hydrogens is 212 g/mol. The summed E-state index contributed by atoms with van der Waals surface area (Å²) >= 11 is 0. The summed E-state index contributed by atoms with van der Waals surface area (Å²) in [7, 11) is 0. The van der Waals surface area contributed by atoms with Crippen LogP contribution in [0.25, 0.3) is 17.0 Å². The van der Waals surface area contributed by atoms with E-state index in [4.69, 9.17) is 0 Å². The highest BCUT2D eigenvalue weighted by Crippen LogP contribution is 2.29. The fourth-order valence-electron chi connectivity index (χ4n) is 2.24. The van der Waals surface area contributed by atoms with Gasteiger partial charge in [0.1, 0.15) is 12.3 Å². The SMILES string of the molecule is Cc1ccc2c3c(ccc2n1)C(C=O)NC=C3. The first-order chi connectivity index (χ1) is 8.29. The molecule has 1 aliphatic heterocycles. The molecular formula is C14H12N2O. The molecule has 84 valence electrons. The highest BCUT2D eigenvalue weighted by Gasteiger charge is 2.17. The number of carbonyl (C=O) groups excluding carboxylic acids is 1. The van der Waals surface area contributed by atoms with Crippen molar-refractivity contribution in [1.82, 2.24) is 10.3 Å². The van der Waals surface area contributed by atoms with Crippen LogP contribution >= 0.6 is 0 Å². The molecule has 0 aliphatic carbocycles. The predicted octanol–water partition coefficient (Wildman–Crippen LogP) is 2.36. The fraction of sp³-hybridized carbons (Fsp3) is 0.143. The second-order valence-electron chi connectivity index (χ2n) is 4.20. The molecule has 2 aromatic rings. The van der Waals surface area contributed by atoms with Crippen molar-refractivity contribution in [2.24, 2.45) is 0 Å². The lowest BCUT2D eigenvalue weighted by molar-refractivity contribution is -0.109. The van der Waals surface area contributed by atoms with Gasteiger partial charge in [-0.2, -0.15) is 0 Å². The van der Waals surface area contributed by atoms with Crippen molar-refractivity contribution in [3.05, 3.63) is 47.3 Å². The Balaban J connectivity index is 2.33. The molecule has 1 unspecified atom stereocenters. The van der Waals surface area contributed by atoms with Gasteiger partial charge in [0.15, 0.2) is 0 Å². The molecule has 1 atom stereocenters. The molecule has 2 heterocycles. The lowest BCUT2D eigenvalue weighted by Gasteiger charge is -2.20. The molecule has 0 radical (unpaired) electrons. The van der Waals surface area contributed by atoms with Crippen LogP contribution in [-0.2, 0) is 4.79 Å². The average molecular weight is 224 g/mol. The molecule has 1 N–H and O–H groups in total. The van der Waals surface area contributed by atoms with Gasteiger partial charge >= 0.3 is 0 Å². The van der Waals surface area contributed by atoms with Crippen molar-refractivity contribution in [3.63, 3.8) is 0 Å². The molecule has 0 spiro atoms. The third-order valence-corrected chi connectivity index (χ3v) is 3.08. The molecule has 1 aromatic heterocycles. The standard InChI is InChI=1S/C14H12N2O/c1-9-2-3-11-10-6-7-15-14(8-17)12(10)4-5-13(11)16-9/h2-8,14-15H,1H3. The lowest BCUT2D eigenvalue weighted by Crippen LogP contribution is -2.20. The minimum absolute atomic E-state index is 0.249. The molecule has 0 fully saturated rings. The molecule has 1 aromatic carbocycles. The molecule has 17 heavy (non-hydrogen) atoms. The number of hydrogen-bond donors (Lipinski definition) is 1. The van der Waals surface area contributed by atoms with Gasteiger partial charge in [-0.1, -0.05) is 12.1 Å². The van der Waals surface area contributed by atoms with Crippen molar-refractivity contribution in [3.8, 4) is 0 Å². The average Bonchev–Trinajstić information content (AvgIpc) is 2.37. The van der Waals surface area contributed by atoms with Crippen LogP contribution in [0, 0.1) is 6.92 Å². The first kappa shape index (κ1) is 10.0. The molecule has 3 rings (SSSR count). The number of rotatable bonds is 1. The van der Waals surface area contributed by atoms with Gasteiger partial charge in [0.2, 0.25) is 0 Å². The van der Waals surface area contributed by atoms with E-state index in [1.807, 2.05) is 37.4 Å². The van der Waals surface area contributed by atoms with Crippen molar-refractivity contribution < 1.29 is 4.79 Å². The second-order valence-corrected chi connectivity index (χ2v) is 4.20. The first-order valence-electron chi connectivity index (χ1n) is 5.58. The summed E-state index contributed by atoms with van der Waals surface area (Å²) in [6.45, 7) is 1.98.